The molecular formula is C19H16ClF2N3O2S2. The monoisotopic (exact) mass is 455 g/mol. The van der Waals surface area contributed by atoms with Crippen LogP contribution in [-0.4, -0.2) is 43.9 Å². The number of rotatable bonds is 4. The van der Waals surface area contributed by atoms with Crippen LogP contribution >= 0.6 is 22.9 Å². The Kier molecular flexibility index (Phi) is 5.56. The Morgan fingerprint density at radius 3 is 2.45 bits per heavy atom. The van der Waals surface area contributed by atoms with E-state index >= 15 is 0 Å². The van der Waals surface area contributed by atoms with Crippen LogP contribution in [0.4, 0.5) is 13.9 Å². The average molecular weight is 456 g/mol. The van der Waals surface area contributed by atoms with Crippen molar-refractivity contribution >= 4 is 38.1 Å². The van der Waals surface area contributed by atoms with E-state index in [9.17, 15) is 17.2 Å². The van der Waals surface area contributed by atoms with E-state index in [1.54, 1.807) is 6.07 Å². The maximum absolute atomic E-state index is 13.6. The van der Waals surface area contributed by atoms with E-state index < -0.39 is 21.7 Å². The topological polar surface area (TPSA) is 53.5 Å². The summed E-state index contributed by atoms with van der Waals surface area (Å²) in [6.07, 6.45) is 0. The summed E-state index contributed by atoms with van der Waals surface area (Å²) in [6, 6.07) is 9.26. The van der Waals surface area contributed by atoms with Crippen molar-refractivity contribution in [3.8, 4) is 11.3 Å². The molecule has 1 saturated heterocycles. The quantitative estimate of drug-likeness (QED) is 0.590. The van der Waals surface area contributed by atoms with Crippen LogP contribution in [0, 0.1) is 11.6 Å². The first-order chi connectivity index (χ1) is 13.8. The molecule has 0 saturated carbocycles. The molecule has 0 atom stereocenters. The van der Waals surface area contributed by atoms with Crippen LogP contribution in [0.1, 0.15) is 0 Å². The van der Waals surface area contributed by atoms with Gasteiger partial charge in [-0.1, -0.05) is 17.7 Å². The molecule has 2 aromatic carbocycles. The Hall–Kier alpha value is -2.07. The molecule has 2 heterocycles. The Morgan fingerprint density at radius 2 is 1.76 bits per heavy atom. The molecule has 0 unspecified atom stereocenters. The molecular weight excluding hydrogens is 440 g/mol. The lowest BCUT2D eigenvalue weighted by Gasteiger charge is -2.33. The van der Waals surface area contributed by atoms with E-state index in [0.717, 1.165) is 11.2 Å². The van der Waals surface area contributed by atoms with Crippen LogP contribution in [0.2, 0.25) is 5.02 Å². The van der Waals surface area contributed by atoms with Gasteiger partial charge in [-0.2, -0.15) is 4.31 Å². The first-order valence-corrected chi connectivity index (χ1v) is 11.5. The smallest absolute Gasteiger partial charge is 0.243 e. The van der Waals surface area contributed by atoms with Crippen LogP contribution in [0.25, 0.3) is 11.3 Å². The van der Waals surface area contributed by atoms with Gasteiger partial charge in [0.25, 0.3) is 0 Å². The van der Waals surface area contributed by atoms with Crippen molar-refractivity contribution < 1.29 is 17.2 Å². The minimum Gasteiger partial charge on any atom is -0.345 e. The Morgan fingerprint density at radius 1 is 1.00 bits per heavy atom. The van der Waals surface area contributed by atoms with Crippen molar-refractivity contribution in [1.82, 2.24) is 9.29 Å². The molecule has 4 rings (SSSR count). The van der Waals surface area contributed by atoms with E-state index in [1.807, 2.05) is 10.3 Å². The fourth-order valence-corrected chi connectivity index (χ4v) is 5.70. The molecule has 152 valence electrons. The lowest BCUT2D eigenvalue weighted by atomic mass is 10.2. The van der Waals surface area contributed by atoms with Crippen molar-refractivity contribution in [3.05, 3.63) is 64.5 Å². The van der Waals surface area contributed by atoms with Crippen molar-refractivity contribution in [2.75, 3.05) is 31.1 Å². The highest BCUT2D eigenvalue weighted by molar-refractivity contribution is 7.89. The molecule has 1 aliphatic heterocycles. The maximum atomic E-state index is 13.6. The molecule has 0 N–H and O–H groups in total. The van der Waals surface area contributed by atoms with Crippen LogP contribution in [-0.2, 0) is 10.0 Å². The minimum absolute atomic E-state index is 0.0505. The molecule has 0 radical (unpaired) electrons. The van der Waals surface area contributed by atoms with Crippen molar-refractivity contribution in [2.45, 2.75) is 4.90 Å². The lowest BCUT2D eigenvalue weighted by Crippen LogP contribution is -2.48. The molecule has 0 amide bonds. The van der Waals surface area contributed by atoms with Gasteiger partial charge in [0.15, 0.2) is 5.13 Å². The highest BCUT2D eigenvalue weighted by Crippen LogP contribution is 2.30. The number of hydrogen-bond acceptors (Lipinski definition) is 5. The second-order valence-electron chi connectivity index (χ2n) is 6.52. The van der Waals surface area contributed by atoms with E-state index in [1.165, 1.54) is 46.0 Å². The van der Waals surface area contributed by atoms with E-state index in [2.05, 4.69) is 4.98 Å². The number of sulfonamides is 1. The van der Waals surface area contributed by atoms with Crippen LogP contribution in [0.3, 0.4) is 0 Å². The maximum Gasteiger partial charge on any atom is 0.243 e. The van der Waals surface area contributed by atoms with Gasteiger partial charge in [-0.05, 0) is 36.4 Å². The normalized spacial score (nSPS) is 15.6. The molecule has 1 aromatic heterocycles. The summed E-state index contributed by atoms with van der Waals surface area (Å²) in [5.74, 6) is -1.02. The number of halogens is 3. The lowest BCUT2D eigenvalue weighted by molar-refractivity contribution is 0.384. The van der Waals surface area contributed by atoms with Gasteiger partial charge in [-0.3, -0.25) is 0 Å². The van der Waals surface area contributed by atoms with Gasteiger partial charge in [0.1, 0.15) is 11.6 Å². The number of piperazine rings is 1. The summed E-state index contributed by atoms with van der Waals surface area (Å²) in [5.41, 5.74) is 1.20. The summed E-state index contributed by atoms with van der Waals surface area (Å²) in [4.78, 5) is 6.47. The highest BCUT2D eigenvalue weighted by atomic mass is 35.5. The average Bonchev–Trinajstić information content (AvgIpc) is 3.18. The zero-order valence-electron chi connectivity index (χ0n) is 15.1. The van der Waals surface area contributed by atoms with Crippen molar-refractivity contribution in [1.29, 1.82) is 0 Å². The fourth-order valence-electron chi connectivity index (χ4n) is 3.14. The van der Waals surface area contributed by atoms with Crippen molar-refractivity contribution in [2.24, 2.45) is 0 Å². The molecule has 0 aliphatic carbocycles. The first kappa shape index (κ1) is 20.2. The zero-order valence-corrected chi connectivity index (χ0v) is 17.4. The third-order valence-electron chi connectivity index (χ3n) is 4.59. The largest absolute Gasteiger partial charge is 0.345 e. The van der Waals surface area contributed by atoms with E-state index in [4.69, 9.17) is 11.6 Å². The Bertz CT molecular complexity index is 1130. The van der Waals surface area contributed by atoms with Gasteiger partial charge in [0, 0.05) is 42.1 Å². The zero-order chi connectivity index (χ0) is 20.6. The number of anilines is 1. The molecule has 0 bridgehead atoms. The minimum atomic E-state index is -3.74. The molecule has 0 spiro atoms. The van der Waals surface area contributed by atoms with Crippen LogP contribution < -0.4 is 4.90 Å². The molecule has 10 heteroatoms. The fraction of sp³-hybridized carbons (Fsp3) is 0.211. The predicted octanol–water partition coefficient (Wildman–Crippen LogP) is 4.25. The van der Waals surface area contributed by atoms with Gasteiger partial charge in [0.2, 0.25) is 10.0 Å². The second kappa shape index (κ2) is 7.98. The summed E-state index contributed by atoms with van der Waals surface area (Å²) < 4.78 is 53.8. The Labute approximate surface area is 176 Å². The van der Waals surface area contributed by atoms with Gasteiger partial charge in [0.05, 0.1) is 10.6 Å². The van der Waals surface area contributed by atoms with Gasteiger partial charge < -0.3 is 4.90 Å². The van der Waals surface area contributed by atoms with E-state index in [0.29, 0.717) is 29.4 Å². The summed E-state index contributed by atoms with van der Waals surface area (Å²) in [5, 5.41) is 2.84. The SMILES string of the molecule is O=S(=O)(c1cccc(F)c1)N1CCN(c2nc(-c3cc(F)cc(Cl)c3)cs2)CC1. The van der Waals surface area contributed by atoms with E-state index in [-0.39, 0.29) is 18.0 Å². The third-order valence-corrected chi connectivity index (χ3v) is 7.61. The number of nitrogens with zero attached hydrogens (tertiary/aromatic N) is 3. The molecule has 3 aromatic rings. The van der Waals surface area contributed by atoms with Gasteiger partial charge in [-0.25, -0.2) is 22.2 Å². The highest BCUT2D eigenvalue weighted by Gasteiger charge is 2.29. The number of hydrogen-bond donors (Lipinski definition) is 0. The van der Waals surface area contributed by atoms with Gasteiger partial charge >= 0.3 is 0 Å². The number of benzene rings is 2. The molecule has 5 nitrogen and oxygen atoms in total. The third kappa shape index (κ3) is 4.28. The standard InChI is InChI=1S/C19H16ClF2N3O2S2/c20-14-8-13(9-16(22)10-14)18-12-28-19(23-18)24-4-6-25(7-5-24)29(26,27)17-3-1-2-15(21)11-17/h1-3,8-12H,4-7H2. The Balaban J connectivity index is 1.47. The van der Waals surface area contributed by atoms with Crippen LogP contribution in [0.15, 0.2) is 52.7 Å². The molecule has 1 fully saturated rings. The molecule has 29 heavy (non-hydrogen) atoms. The first-order valence-electron chi connectivity index (χ1n) is 8.75. The molecule has 1 aliphatic rings. The summed E-state index contributed by atoms with van der Waals surface area (Å²) in [7, 11) is -3.74. The van der Waals surface area contributed by atoms with Crippen molar-refractivity contribution in [3.63, 3.8) is 0 Å². The summed E-state index contributed by atoms with van der Waals surface area (Å²) in [6.45, 7) is 1.43. The van der Waals surface area contributed by atoms with Crippen LogP contribution in [0.5, 0.6) is 0 Å². The second-order valence-corrected chi connectivity index (χ2v) is 9.73. The predicted molar refractivity (Wildman–Crippen MR) is 110 cm³/mol. The van der Waals surface area contributed by atoms with Gasteiger partial charge in [-0.15, -0.1) is 11.3 Å². The number of aromatic nitrogens is 1. The number of thiazole rings is 1. The summed E-state index contributed by atoms with van der Waals surface area (Å²) >= 11 is 7.32.